The van der Waals surface area contributed by atoms with Crippen LogP contribution in [0.1, 0.15) is 25.3 Å². The highest BCUT2D eigenvalue weighted by Gasteiger charge is 2.19. The maximum atomic E-state index is 3.59. The lowest BCUT2D eigenvalue weighted by atomic mass is 9.93. The van der Waals surface area contributed by atoms with Crippen molar-refractivity contribution in [3.05, 3.63) is 35.9 Å². The molecule has 0 spiro atoms. The first-order valence-corrected chi connectivity index (χ1v) is 6.34. The minimum absolute atomic E-state index is 0.650. The van der Waals surface area contributed by atoms with Crippen molar-refractivity contribution in [1.82, 2.24) is 10.6 Å². The molecule has 0 saturated carbocycles. The number of piperidine rings is 1. The summed E-state index contributed by atoms with van der Waals surface area (Å²) in [7, 11) is 0. The molecule has 0 aliphatic carbocycles. The van der Waals surface area contributed by atoms with E-state index in [1.807, 2.05) is 0 Å². The Morgan fingerprint density at radius 1 is 1.31 bits per heavy atom. The summed E-state index contributed by atoms with van der Waals surface area (Å²) in [4.78, 5) is 0. The third-order valence-electron chi connectivity index (χ3n) is 3.47. The third-order valence-corrected chi connectivity index (χ3v) is 3.47. The molecule has 1 aliphatic heterocycles. The second-order valence-corrected chi connectivity index (χ2v) is 4.80. The van der Waals surface area contributed by atoms with E-state index in [9.17, 15) is 0 Å². The minimum atomic E-state index is 0.650. The Bertz CT molecular complexity index is 297. The fraction of sp³-hybridized carbons (Fsp3) is 0.571. The highest BCUT2D eigenvalue weighted by molar-refractivity contribution is 5.14. The first-order chi connectivity index (χ1) is 7.86. The van der Waals surface area contributed by atoms with Crippen LogP contribution >= 0.6 is 0 Å². The van der Waals surface area contributed by atoms with Crippen LogP contribution in [0.25, 0.3) is 0 Å². The SMILES string of the molecule is CC1CCCNC1CNCc1ccccc1. The molecule has 0 amide bonds. The van der Waals surface area contributed by atoms with Crippen molar-refractivity contribution in [2.24, 2.45) is 5.92 Å². The van der Waals surface area contributed by atoms with Crippen molar-refractivity contribution < 1.29 is 0 Å². The first kappa shape index (κ1) is 11.6. The van der Waals surface area contributed by atoms with Crippen LogP contribution in [-0.4, -0.2) is 19.1 Å². The van der Waals surface area contributed by atoms with Crippen LogP contribution < -0.4 is 10.6 Å². The standard InChI is InChI=1S/C14H22N2/c1-12-6-5-9-16-14(12)11-15-10-13-7-3-2-4-8-13/h2-4,7-8,12,14-16H,5-6,9-11H2,1H3. The predicted molar refractivity (Wildman–Crippen MR) is 68.3 cm³/mol. The van der Waals surface area contributed by atoms with Crippen molar-refractivity contribution in [3.63, 3.8) is 0 Å². The molecule has 1 aromatic carbocycles. The second-order valence-electron chi connectivity index (χ2n) is 4.80. The minimum Gasteiger partial charge on any atom is -0.312 e. The van der Waals surface area contributed by atoms with Gasteiger partial charge in [0.05, 0.1) is 0 Å². The molecule has 0 bridgehead atoms. The Labute approximate surface area is 98.4 Å². The van der Waals surface area contributed by atoms with Gasteiger partial charge in [-0.2, -0.15) is 0 Å². The third kappa shape index (κ3) is 3.32. The van der Waals surface area contributed by atoms with Gasteiger partial charge in [0.25, 0.3) is 0 Å². The first-order valence-electron chi connectivity index (χ1n) is 6.34. The molecule has 0 radical (unpaired) electrons. The van der Waals surface area contributed by atoms with E-state index in [0.29, 0.717) is 6.04 Å². The van der Waals surface area contributed by atoms with Crippen LogP contribution in [0, 0.1) is 5.92 Å². The van der Waals surface area contributed by atoms with E-state index < -0.39 is 0 Å². The Morgan fingerprint density at radius 2 is 2.12 bits per heavy atom. The molecule has 1 saturated heterocycles. The van der Waals surface area contributed by atoms with Crippen molar-refractivity contribution in [2.45, 2.75) is 32.4 Å². The van der Waals surface area contributed by atoms with E-state index in [1.54, 1.807) is 0 Å². The van der Waals surface area contributed by atoms with Gasteiger partial charge < -0.3 is 10.6 Å². The maximum Gasteiger partial charge on any atom is 0.0218 e. The van der Waals surface area contributed by atoms with Crippen LogP contribution in [0.15, 0.2) is 30.3 Å². The summed E-state index contributed by atoms with van der Waals surface area (Å²) in [6.45, 7) is 5.59. The van der Waals surface area contributed by atoms with E-state index >= 15 is 0 Å². The molecule has 1 heterocycles. The monoisotopic (exact) mass is 218 g/mol. The number of hydrogen-bond acceptors (Lipinski definition) is 2. The lowest BCUT2D eigenvalue weighted by molar-refractivity contribution is 0.290. The summed E-state index contributed by atoms with van der Waals surface area (Å²) in [5.74, 6) is 0.803. The zero-order valence-electron chi connectivity index (χ0n) is 10.1. The number of hydrogen-bond donors (Lipinski definition) is 2. The summed E-state index contributed by atoms with van der Waals surface area (Å²) >= 11 is 0. The number of nitrogens with one attached hydrogen (secondary N) is 2. The molecular formula is C14H22N2. The van der Waals surface area contributed by atoms with Crippen molar-refractivity contribution in [3.8, 4) is 0 Å². The Balaban J connectivity index is 1.71. The van der Waals surface area contributed by atoms with E-state index in [1.165, 1.54) is 24.9 Å². The zero-order valence-corrected chi connectivity index (χ0v) is 10.1. The summed E-state index contributed by atoms with van der Waals surface area (Å²) in [6, 6.07) is 11.2. The van der Waals surface area contributed by atoms with Gasteiger partial charge in [0.15, 0.2) is 0 Å². The van der Waals surface area contributed by atoms with E-state index in [4.69, 9.17) is 0 Å². The predicted octanol–water partition coefficient (Wildman–Crippen LogP) is 2.16. The van der Waals surface area contributed by atoms with Crippen molar-refractivity contribution >= 4 is 0 Å². The normalized spacial score (nSPS) is 25.6. The van der Waals surface area contributed by atoms with Gasteiger partial charge >= 0.3 is 0 Å². The molecular weight excluding hydrogens is 196 g/mol. The fourth-order valence-electron chi connectivity index (χ4n) is 2.36. The Hall–Kier alpha value is -0.860. The molecule has 1 aromatic rings. The van der Waals surface area contributed by atoms with Gasteiger partial charge in [0.2, 0.25) is 0 Å². The van der Waals surface area contributed by atoms with Gasteiger partial charge in [-0.05, 0) is 30.9 Å². The molecule has 2 heteroatoms. The fourth-order valence-corrected chi connectivity index (χ4v) is 2.36. The quantitative estimate of drug-likeness (QED) is 0.809. The number of rotatable bonds is 4. The Kier molecular flexibility index (Phi) is 4.37. The van der Waals surface area contributed by atoms with E-state index in [-0.39, 0.29) is 0 Å². The zero-order chi connectivity index (χ0) is 11.2. The van der Waals surface area contributed by atoms with Crippen LogP contribution in [0.2, 0.25) is 0 Å². The summed E-state index contributed by atoms with van der Waals surface area (Å²) < 4.78 is 0. The van der Waals surface area contributed by atoms with Gasteiger partial charge in [-0.1, -0.05) is 37.3 Å². The highest BCUT2D eigenvalue weighted by Crippen LogP contribution is 2.14. The smallest absolute Gasteiger partial charge is 0.0218 e. The Morgan fingerprint density at radius 3 is 2.88 bits per heavy atom. The van der Waals surface area contributed by atoms with Gasteiger partial charge in [-0.3, -0.25) is 0 Å². The lowest BCUT2D eigenvalue weighted by Crippen LogP contribution is -2.46. The van der Waals surface area contributed by atoms with Crippen LogP contribution in [0.5, 0.6) is 0 Å². The summed E-state index contributed by atoms with van der Waals surface area (Å²) in [5.41, 5.74) is 1.37. The van der Waals surface area contributed by atoms with Crippen molar-refractivity contribution in [1.29, 1.82) is 0 Å². The molecule has 1 fully saturated rings. The maximum absolute atomic E-state index is 3.59. The van der Waals surface area contributed by atoms with Crippen LogP contribution in [0.4, 0.5) is 0 Å². The molecule has 2 N–H and O–H groups in total. The van der Waals surface area contributed by atoms with Crippen LogP contribution in [0.3, 0.4) is 0 Å². The summed E-state index contributed by atoms with van der Waals surface area (Å²) in [5, 5.41) is 7.13. The lowest BCUT2D eigenvalue weighted by Gasteiger charge is -2.30. The molecule has 2 nitrogen and oxygen atoms in total. The van der Waals surface area contributed by atoms with Gasteiger partial charge in [0, 0.05) is 19.1 Å². The second kappa shape index (κ2) is 6.02. The highest BCUT2D eigenvalue weighted by atomic mass is 15.0. The summed E-state index contributed by atoms with van der Waals surface area (Å²) in [6.07, 6.45) is 2.70. The molecule has 16 heavy (non-hydrogen) atoms. The van der Waals surface area contributed by atoms with Gasteiger partial charge in [-0.15, -0.1) is 0 Å². The van der Waals surface area contributed by atoms with Gasteiger partial charge in [0.1, 0.15) is 0 Å². The molecule has 2 atom stereocenters. The average molecular weight is 218 g/mol. The average Bonchev–Trinajstić information content (AvgIpc) is 2.33. The largest absolute Gasteiger partial charge is 0.312 e. The molecule has 0 aromatic heterocycles. The van der Waals surface area contributed by atoms with Crippen molar-refractivity contribution in [2.75, 3.05) is 13.1 Å². The molecule has 1 aliphatic rings. The van der Waals surface area contributed by atoms with E-state index in [0.717, 1.165) is 19.0 Å². The molecule has 2 rings (SSSR count). The topological polar surface area (TPSA) is 24.1 Å². The van der Waals surface area contributed by atoms with Crippen LogP contribution in [-0.2, 0) is 6.54 Å². The molecule has 2 unspecified atom stereocenters. The molecule has 88 valence electrons. The van der Waals surface area contributed by atoms with E-state index in [2.05, 4.69) is 47.9 Å². The van der Waals surface area contributed by atoms with Gasteiger partial charge in [-0.25, -0.2) is 0 Å². The number of benzene rings is 1.